The summed E-state index contributed by atoms with van der Waals surface area (Å²) in [6.07, 6.45) is 3.97. The minimum atomic E-state index is 0.569. The Morgan fingerprint density at radius 1 is 1.22 bits per heavy atom. The number of para-hydroxylation sites is 1. The van der Waals surface area contributed by atoms with E-state index < -0.39 is 0 Å². The Morgan fingerprint density at radius 2 is 2.06 bits per heavy atom. The van der Waals surface area contributed by atoms with Crippen molar-refractivity contribution in [2.24, 2.45) is 0 Å². The summed E-state index contributed by atoms with van der Waals surface area (Å²) in [7, 11) is 0. The molecule has 0 heterocycles. The Bertz CT molecular complexity index is 375. The number of rotatable bonds is 8. The maximum absolute atomic E-state index is 5.81. The standard InChI is InChI=1S/C15H23NO2/c1-4-7-11-18-15-13(12-16-5-2)9-8-10-14(15)17-6-3/h4,7-10,16H,5-6,11-12H2,1-3H3/b7-4+. The Balaban J connectivity index is 2.88. The second-order valence-electron chi connectivity index (χ2n) is 3.84. The van der Waals surface area contributed by atoms with Gasteiger partial charge in [0, 0.05) is 12.1 Å². The van der Waals surface area contributed by atoms with E-state index in [9.17, 15) is 0 Å². The normalized spacial score (nSPS) is 10.8. The highest BCUT2D eigenvalue weighted by molar-refractivity contribution is 5.46. The fourth-order valence-electron chi connectivity index (χ4n) is 1.62. The molecule has 0 spiro atoms. The van der Waals surface area contributed by atoms with Crippen LogP contribution in [0.5, 0.6) is 11.5 Å². The van der Waals surface area contributed by atoms with Crippen LogP contribution >= 0.6 is 0 Å². The molecule has 3 nitrogen and oxygen atoms in total. The zero-order valence-electron chi connectivity index (χ0n) is 11.5. The molecule has 1 rings (SSSR count). The van der Waals surface area contributed by atoms with Gasteiger partial charge in [-0.05, 0) is 26.5 Å². The van der Waals surface area contributed by atoms with Gasteiger partial charge in [-0.25, -0.2) is 0 Å². The molecule has 0 radical (unpaired) electrons. The van der Waals surface area contributed by atoms with E-state index in [1.165, 1.54) is 0 Å². The molecule has 100 valence electrons. The van der Waals surface area contributed by atoms with Crippen molar-refractivity contribution in [2.75, 3.05) is 19.8 Å². The number of nitrogens with one attached hydrogen (secondary N) is 1. The Kier molecular flexibility index (Phi) is 6.96. The largest absolute Gasteiger partial charge is 0.490 e. The third kappa shape index (κ3) is 4.41. The van der Waals surface area contributed by atoms with Crippen molar-refractivity contribution in [3.05, 3.63) is 35.9 Å². The van der Waals surface area contributed by atoms with Gasteiger partial charge >= 0.3 is 0 Å². The van der Waals surface area contributed by atoms with Crippen molar-refractivity contribution in [3.8, 4) is 11.5 Å². The van der Waals surface area contributed by atoms with Gasteiger partial charge in [-0.3, -0.25) is 0 Å². The molecule has 0 atom stereocenters. The molecule has 0 saturated heterocycles. The number of ether oxygens (including phenoxy) is 2. The van der Waals surface area contributed by atoms with Crippen LogP contribution in [-0.2, 0) is 6.54 Å². The predicted octanol–water partition coefficient (Wildman–Crippen LogP) is 3.15. The van der Waals surface area contributed by atoms with Gasteiger partial charge in [0.2, 0.25) is 0 Å². The van der Waals surface area contributed by atoms with E-state index in [0.717, 1.165) is 30.2 Å². The first-order valence-corrected chi connectivity index (χ1v) is 6.52. The van der Waals surface area contributed by atoms with E-state index in [4.69, 9.17) is 9.47 Å². The maximum Gasteiger partial charge on any atom is 0.166 e. The molecule has 3 heteroatoms. The van der Waals surface area contributed by atoms with E-state index in [-0.39, 0.29) is 0 Å². The zero-order valence-corrected chi connectivity index (χ0v) is 11.5. The van der Waals surface area contributed by atoms with Gasteiger partial charge in [0.1, 0.15) is 6.61 Å². The molecule has 0 saturated carbocycles. The van der Waals surface area contributed by atoms with Crippen molar-refractivity contribution >= 4 is 0 Å². The zero-order chi connectivity index (χ0) is 13.2. The van der Waals surface area contributed by atoms with Crippen LogP contribution < -0.4 is 14.8 Å². The molecule has 0 aliphatic rings. The van der Waals surface area contributed by atoms with Gasteiger partial charge in [-0.15, -0.1) is 0 Å². The first kappa shape index (κ1) is 14.6. The number of hydrogen-bond donors (Lipinski definition) is 1. The second kappa shape index (κ2) is 8.59. The summed E-state index contributed by atoms with van der Waals surface area (Å²) >= 11 is 0. The molecule has 0 fully saturated rings. The molecule has 18 heavy (non-hydrogen) atoms. The van der Waals surface area contributed by atoms with E-state index >= 15 is 0 Å². The van der Waals surface area contributed by atoms with Crippen molar-refractivity contribution in [1.29, 1.82) is 0 Å². The smallest absolute Gasteiger partial charge is 0.166 e. The van der Waals surface area contributed by atoms with Crippen LogP contribution in [0, 0.1) is 0 Å². The van der Waals surface area contributed by atoms with Gasteiger partial charge < -0.3 is 14.8 Å². The Hall–Kier alpha value is -1.48. The summed E-state index contributed by atoms with van der Waals surface area (Å²) in [6, 6.07) is 6.01. The summed E-state index contributed by atoms with van der Waals surface area (Å²) in [6.45, 7) is 9.00. The Morgan fingerprint density at radius 3 is 2.72 bits per heavy atom. The van der Waals surface area contributed by atoms with Crippen molar-refractivity contribution in [1.82, 2.24) is 5.32 Å². The maximum atomic E-state index is 5.81. The summed E-state index contributed by atoms with van der Waals surface area (Å²) in [5.74, 6) is 1.66. The van der Waals surface area contributed by atoms with Gasteiger partial charge in [0.25, 0.3) is 0 Å². The average molecular weight is 249 g/mol. The summed E-state index contributed by atoms with van der Waals surface area (Å²) < 4.78 is 11.4. The Labute approximate surface area is 110 Å². The minimum absolute atomic E-state index is 0.569. The molecular weight excluding hydrogens is 226 g/mol. The molecular formula is C15H23NO2. The quantitative estimate of drug-likeness (QED) is 0.718. The lowest BCUT2D eigenvalue weighted by Crippen LogP contribution is -2.13. The summed E-state index contributed by atoms with van der Waals surface area (Å²) in [4.78, 5) is 0. The molecule has 1 aromatic carbocycles. The topological polar surface area (TPSA) is 30.5 Å². The molecule has 0 aliphatic carbocycles. The van der Waals surface area contributed by atoms with Crippen LogP contribution in [0.2, 0.25) is 0 Å². The van der Waals surface area contributed by atoms with Crippen molar-refractivity contribution < 1.29 is 9.47 Å². The van der Waals surface area contributed by atoms with Crippen LogP contribution in [0.1, 0.15) is 26.3 Å². The molecule has 0 unspecified atom stereocenters. The predicted molar refractivity (Wildman–Crippen MR) is 75.3 cm³/mol. The fraction of sp³-hybridized carbons (Fsp3) is 0.467. The lowest BCUT2D eigenvalue weighted by Gasteiger charge is -2.15. The lowest BCUT2D eigenvalue weighted by atomic mass is 10.2. The molecule has 1 N–H and O–H groups in total. The molecule has 0 amide bonds. The monoisotopic (exact) mass is 249 g/mol. The van der Waals surface area contributed by atoms with Gasteiger partial charge in [0.05, 0.1) is 6.61 Å². The third-order valence-electron chi connectivity index (χ3n) is 2.49. The SMILES string of the molecule is C/C=C/COc1c(CNCC)cccc1OCC. The summed E-state index contributed by atoms with van der Waals surface area (Å²) in [5.41, 5.74) is 1.13. The average Bonchev–Trinajstić information content (AvgIpc) is 2.39. The highest BCUT2D eigenvalue weighted by Crippen LogP contribution is 2.31. The van der Waals surface area contributed by atoms with Gasteiger partial charge in [0.15, 0.2) is 11.5 Å². The highest BCUT2D eigenvalue weighted by Gasteiger charge is 2.10. The van der Waals surface area contributed by atoms with E-state index in [1.54, 1.807) is 0 Å². The van der Waals surface area contributed by atoms with Crippen LogP contribution in [0.25, 0.3) is 0 Å². The van der Waals surface area contributed by atoms with Crippen LogP contribution in [0.3, 0.4) is 0 Å². The lowest BCUT2D eigenvalue weighted by molar-refractivity contribution is 0.294. The van der Waals surface area contributed by atoms with E-state index in [0.29, 0.717) is 13.2 Å². The molecule has 0 aliphatic heterocycles. The second-order valence-corrected chi connectivity index (χ2v) is 3.84. The van der Waals surface area contributed by atoms with Crippen LogP contribution in [-0.4, -0.2) is 19.8 Å². The molecule has 1 aromatic rings. The highest BCUT2D eigenvalue weighted by atomic mass is 16.5. The fourth-order valence-corrected chi connectivity index (χ4v) is 1.62. The van der Waals surface area contributed by atoms with E-state index in [2.05, 4.69) is 18.3 Å². The van der Waals surface area contributed by atoms with Crippen molar-refractivity contribution in [3.63, 3.8) is 0 Å². The number of hydrogen-bond acceptors (Lipinski definition) is 3. The first-order chi connectivity index (χ1) is 8.83. The number of benzene rings is 1. The molecule has 0 aromatic heterocycles. The number of allylic oxidation sites excluding steroid dienone is 1. The molecule has 0 bridgehead atoms. The summed E-state index contributed by atoms with van der Waals surface area (Å²) in [5, 5.41) is 3.31. The van der Waals surface area contributed by atoms with Crippen LogP contribution in [0.4, 0.5) is 0 Å². The van der Waals surface area contributed by atoms with Crippen molar-refractivity contribution in [2.45, 2.75) is 27.3 Å². The van der Waals surface area contributed by atoms with Gasteiger partial charge in [-0.1, -0.05) is 31.2 Å². The van der Waals surface area contributed by atoms with Crippen LogP contribution in [0.15, 0.2) is 30.4 Å². The van der Waals surface area contributed by atoms with E-state index in [1.807, 2.05) is 38.1 Å². The third-order valence-corrected chi connectivity index (χ3v) is 2.49. The first-order valence-electron chi connectivity index (χ1n) is 6.52. The van der Waals surface area contributed by atoms with Gasteiger partial charge in [-0.2, -0.15) is 0 Å². The minimum Gasteiger partial charge on any atom is -0.490 e.